The fraction of sp³-hybridized carbons (Fsp3) is 0.381. The number of pyridine rings is 1. The maximum atomic E-state index is 12.9. The van der Waals surface area contributed by atoms with Gasteiger partial charge in [-0.1, -0.05) is 38.4 Å². The summed E-state index contributed by atoms with van der Waals surface area (Å²) in [7, 11) is 0. The SMILES string of the molecule is CCc1nc(-c2ncccn2)sc1C(=O)NCC(CC(C)C)c1ccc(Cl)nc1. The molecule has 3 rings (SSSR count). The zero-order chi connectivity index (χ0) is 20.8. The third-order valence-electron chi connectivity index (χ3n) is 4.48. The maximum Gasteiger partial charge on any atom is 0.263 e. The van der Waals surface area contributed by atoms with Crippen LogP contribution in [-0.4, -0.2) is 32.4 Å². The number of carbonyl (C=O) groups excluding carboxylic acids is 1. The molecule has 3 heterocycles. The lowest BCUT2D eigenvalue weighted by atomic mass is 9.91. The van der Waals surface area contributed by atoms with E-state index >= 15 is 0 Å². The molecule has 0 aliphatic heterocycles. The van der Waals surface area contributed by atoms with E-state index in [4.69, 9.17) is 11.6 Å². The number of nitrogens with one attached hydrogen (secondary N) is 1. The number of amides is 1. The Balaban J connectivity index is 1.76. The average molecular weight is 430 g/mol. The van der Waals surface area contributed by atoms with Gasteiger partial charge in [0.25, 0.3) is 5.91 Å². The Morgan fingerprint density at radius 1 is 1.21 bits per heavy atom. The monoisotopic (exact) mass is 429 g/mol. The van der Waals surface area contributed by atoms with E-state index in [2.05, 4.69) is 39.1 Å². The molecule has 0 radical (unpaired) electrons. The van der Waals surface area contributed by atoms with Gasteiger partial charge in [0, 0.05) is 31.1 Å². The molecule has 0 spiro atoms. The number of aryl methyl sites for hydroxylation is 1. The molecule has 3 aromatic rings. The standard InChI is InChI=1S/C21H24ClN5OS/c1-4-16-18(29-21(27-16)19-23-8-5-9-24-19)20(28)26-12-15(10-13(2)3)14-6-7-17(22)25-11-14/h5-9,11,13,15H,4,10,12H2,1-3H3,(H,26,28). The Labute approximate surface area is 179 Å². The van der Waals surface area contributed by atoms with Crippen molar-refractivity contribution < 1.29 is 4.79 Å². The number of nitrogens with zero attached hydrogens (tertiary/aromatic N) is 4. The molecule has 1 N–H and O–H groups in total. The summed E-state index contributed by atoms with van der Waals surface area (Å²) in [4.78, 5) is 30.8. The molecule has 0 aliphatic carbocycles. The zero-order valence-corrected chi connectivity index (χ0v) is 18.3. The van der Waals surface area contributed by atoms with Gasteiger partial charge in [-0.25, -0.2) is 19.9 Å². The lowest BCUT2D eigenvalue weighted by Gasteiger charge is -2.20. The lowest BCUT2D eigenvalue weighted by Crippen LogP contribution is -2.29. The molecule has 0 bridgehead atoms. The molecule has 152 valence electrons. The highest BCUT2D eigenvalue weighted by Crippen LogP contribution is 2.27. The van der Waals surface area contributed by atoms with Crippen LogP contribution in [0.4, 0.5) is 0 Å². The summed E-state index contributed by atoms with van der Waals surface area (Å²) in [6, 6.07) is 5.52. The van der Waals surface area contributed by atoms with E-state index < -0.39 is 0 Å². The van der Waals surface area contributed by atoms with Crippen molar-refractivity contribution in [3.63, 3.8) is 0 Å². The quantitative estimate of drug-likeness (QED) is 0.521. The number of aromatic nitrogens is 4. The maximum absolute atomic E-state index is 12.9. The average Bonchev–Trinajstić information content (AvgIpc) is 3.16. The van der Waals surface area contributed by atoms with E-state index in [1.165, 1.54) is 11.3 Å². The molecule has 0 saturated heterocycles. The van der Waals surface area contributed by atoms with E-state index in [9.17, 15) is 4.79 Å². The third-order valence-corrected chi connectivity index (χ3v) is 5.80. The van der Waals surface area contributed by atoms with Gasteiger partial charge in [0.05, 0.1) is 5.69 Å². The van der Waals surface area contributed by atoms with Gasteiger partial charge in [-0.2, -0.15) is 0 Å². The first kappa shape index (κ1) is 21.3. The second kappa shape index (κ2) is 9.89. The number of hydrogen-bond acceptors (Lipinski definition) is 6. The summed E-state index contributed by atoms with van der Waals surface area (Å²) in [5, 5.41) is 4.21. The summed E-state index contributed by atoms with van der Waals surface area (Å²) >= 11 is 7.25. The second-order valence-corrected chi connectivity index (χ2v) is 8.56. The first-order chi connectivity index (χ1) is 14.0. The van der Waals surface area contributed by atoms with Gasteiger partial charge in [-0.3, -0.25) is 4.79 Å². The van der Waals surface area contributed by atoms with E-state index in [1.54, 1.807) is 30.7 Å². The highest BCUT2D eigenvalue weighted by molar-refractivity contribution is 7.17. The highest BCUT2D eigenvalue weighted by Gasteiger charge is 2.21. The van der Waals surface area contributed by atoms with Crippen LogP contribution in [-0.2, 0) is 6.42 Å². The molecule has 1 atom stereocenters. The molecular weight excluding hydrogens is 406 g/mol. The Hall–Kier alpha value is -2.38. The van der Waals surface area contributed by atoms with Crippen LogP contribution in [0.3, 0.4) is 0 Å². The van der Waals surface area contributed by atoms with Crippen molar-refractivity contribution in [1.29, 1.82) is 0 Å². The number of hydrogen-bond donors (Lipinski definition) is 1. The molecule has 6 nitrogen and oxygen atoms in total. The number of halogens is 1. The summed E-state index contributed by atoms with van der Waals surface area (Å²) in [6.07, 6.45) is 6.74. The fourth-order valence-electron chi connectivity index (χ4n) is 3.11. The minimum Gasteiger partial charge on any atom is -0.351 e. The van der Waals surface area contributed by atoms with Gasteiger partial charge in [-0.05, 0) is 36.5 Å². The Kier molecular flexibility index (Phi) is 7.28. The van der Waals surface area contributed by atoms with E-state index in [0.717, 1.165) is 17.7 Å². The number of rotatable bonds is 8. The summed E-state index contributed by atoms with van der Waals surface area (Å²) < 4.78 is 0. The van der Waals surface area contributed by atoms with Crippen LogP contribution < -0.4 is 5.32 Å². The van der Waals surface area contributed by atoms with Crippen LogP contribution in [0.2, 0.25) is 5.15 Å². The van der Waals surface area contributed by atoms with Crippen molar-refractivity contribution in [2.45, 2.75) is 39.5 Å². The highest BCUT2D eigenvalue weighted by atomic mass is 35.5. The Bertz CT molecular complexity index is 943. The normalized spacial score (nSPS) is 12.2. The second-order valence-electron chi connectivity index (χ2n) is 7.17. The van der Waals surface area contributed by atoms with Gasteiger partial charge in [0.15, 0.2) is 10.8 Å². The number of thiazole rings is 1. The van der Waals surface area contributed by atoms with Crippen LogP contribution in [0, 0.1) is 5.92 Å². The van der Waals surface area contributed by atoms with Crippen molar-refractivity contribution in [1.82, 2.24) is 25.3 Å². The molecule has 1 unspecified atom stereocenters. The first-order valence-corrected chi connectivity index (χ1v) is 10.8. The van der Waals surface area contributed by atoms with Crippen molar-refractivity contribution in [3.8, 4) is 10.8 Å². The largest absolute Gasteiger partial charge is 0.351 e. The van der Waals surface area contributed by atoms with Crippen LogP contribution in [0.5, 0.6) is 0 Å². The van der Waals surface area contributed by atoms with Crippen molar-refractivity contribution in [2.24, 2.45) is 5.92 Å². The zero-order valence-electron chi connectivity index (χ0n) is 16.7. The smallest absolute Gasteiger partial charge is 0.263 e. The molecule has 1 amide bonds. The van der Waals surface area contributed by atoms with Crippen LogP contribution in [0.25, 0.3) is 10.8 Å². The summed E-state index contributed by atoms with van der Waals surface area (Å²) in [5.74, 6) is 1.08. The number of carbonyl (C=O) groups is 1. The summed E-state index contributed by atoms with van der Waals surface area (Å²) in [5.41, 5.74) is 1.84. The fourth-order valence-corrected chi connectivity index (χ4v) is 4.24. The van der Waals surface area contributed by atoms with Crippen molar-refractivity contribution >= 4 is 28.8 Å². The topological polar surface area (TPSA) is 80.7 Å². The third kappa shape index (κ3) is 5.58. The lowest BCUT2D eigenvalue weighted by molar-refractivity contribution is 0.0953. The van der Waals surface area contributed by atoms with Gasteiger partial charge in [-0.15, -0.1) is 11.3 Å². The molecule has 8 heteroatoms. The molecule has 3 aromatic heterocycles. The van der Waals surface area contributed by atoms with Gasteiger partial charge in [0.2, 0.25) is 0 Å². The van der Waals surface area contributed by atoms with Gasteiger partial charge < -0.3 is 5.32 Å². The molecule has 0 fully saturated rings. The van der Waals surface area contributed by atoms with Crippen molar-refractivity contribution in [2.75, 3.05) is 6.54 Å². The van der Waals surface area contributed by atoms with Crippen LogP contribution in [0.15, 0.2) is 36.8 Å². The Morgan fingerprint density at radius 2 is 1.97 bits per heavy atom. The van der Waals surface area contributed by atoms with E-state index in [1.807, 2.05) is 13.0 Å². The minimum absolute atomic E-state index is 0.114. The van der Waals surface area contributed by atoms with Crippen LogP contribution in [0.1, 0.15) is 54.0 Å². The van der Waals surface area contributed by atoms with Gasteiger partial charge >= 0.3 is 0 Å². The van der Waals surface area contributed by atoms with Crippen LogP contribution >= 0.6 is 22.9 Å². The van der Waals surface area contributed by atoms with E-state index in [0.29, 0.717) is 39.7 Å². The molecule has 0 aromatic carbocycles. The van der Waals surface area contributed by atoms with E-state index in [-0.39, 0.29) is 11.8 Å². The minimum atomic E-state index is -0.114. The summed E-state index contributed by atoms with van der Waals surface area (Å²) in [6.45, 7) is 6.85. The predicted octanol–water partition coefficient (Wildman–Crippen LogP) is 4.77. The van der Waals surface area contributed by atoms with Crippen molar-refractivity contribution in [3.05, 3.63) is 58.1 Å². The molecular formula is C21H24ClN5OS. The first-order valence-electron chi connectivity index (χ1n) is 9.64. The molecule has 0 aliphatic rings. The Morgan fingerprint density at radius 3 is 2.59 bits per heavy atom. The predicted molar refractivity (Wildman–Crippen MR) is 116 cm³/mol. The van der Waals surface area contributed by atoms with Gasteiger partial charge in [0.1, 0.15) is 10.0 Å². The molecule has 29 heavy (non-hydrogen) atoms. The molecule has 0 saturated carbocycles.